The molecule has 13 heavy (non-hydrogen) atoms. The van der Waals surface area contributed by atoms with Crippen molar-refractivity contribution in [3.63, 3.8) is 0 Å². The minimum atomic E-state index is 0.345. The summed E-state index contributed by atoms with van der Waals surface area (Å²) < 4.78 is 0. The average molecular weight is 185 g/mol. The van der Waals surface area contributed by atoms with Crippen LogP contribution in [-0.2, 0) is 0 Å². The second kappa shape index (κ2) is 4.94. The van der Waals surface area contributed by atoms with Gasteiger partial charge in [-0.25, -0.2) is 0 Å². The van der Waals surface area contributed by atoms with Crippen molar-refractivity contribution >= 4 is 0 Å². The molecule has 1 heterocycles. The third-order valence-corrected chi connectivity index (χ3v) is 3.02. The molecule has 1 unspecified atom stereocenters. The van der Waals surface area contributed by atoms with Gasteiger partial charge >= 0.3 is 0 Å². The molecule has 0 aromatic carbocycles. The monoisotopic (exact) mass is 185 g/mol. The highest BCUT2D eigenvalue weighted by Gasteiger charge is 2.26. The van der Waals surface area contributed by atoms with Gasteiger partial charge in [0.1, 0.15) is 0 Å². The molecule has 0 aromatic heterocycles. The smallest absolute Gasteiger partial charge is 0.0371 e. The van der Waals surface area contributed by atoms with Crippen LogP contribution in [0.5, 0.6) is 0 Å². The van der Waals surface area contributed by atoms with Crippen LogP contribution in [0, 0.1) is 0 Å². The predicted molar refractivity (Wildman–Crippen MR) is 56.8 cm³/mol. The third kappa shape index (κ3) is 2.93. The van der Waals surface area contributed by atoms with E-state index in [-0.39, 0.29) is 0 Å². The molecule has 0 amide bonds. The van der Waals surface area contributed by atoms with Crippen molar-refractivity contribution < 1.29 is 0 Å². The van der Waals surface area contributed by atoms with Gasteiger partial charge in [-0.1, -0.05) is 13.3 Å². The number of rotatable bonds is 3. The molecular weight excluding hydrogens is 162 g/mol. The van der Waals surface area contributed by atoms with Crippen LogP contribution in [0.4, 0.5) is 0 Å². The average Bonchev–Trinajstić information content (AvgIpc) is 2.09. The SMILES string of the molecule is CCC[C@H](N)C1CN(C)CCN1C. The minimum absolute atomic E-state index is 0.345. The standard InChI is InChI=1S/C10H23N3/c1-4-5-9(11)10-8-12(2)6-7-13(10)3/h9-10H,4-8,11H2,1-3H3/t9-,10?/m0/s1. The van der Waals surface area contributed by atoms with Gasteiger partial charge in [-0.05, 0) is 20.5 Å². The van der Waals surface area contributed by atoms with E-state index >= 15 is 0 Å². The summed E-state index contributed by atoms with van der Waals surface area (Å²) in [7, 11) is 4.37. The van der Waals surface area contributed by atoms with E-state index in [0.29, 0.717) is 12.1 Å². The number of piperazine rings is 1. The van der Waals surface area contributed by atoms with Crippen LogP contribution in [0.3, 0.4) is 0 Å². The zero-order valence-electron chi connectivity index (χ0n) is 9.16. The van der Waals surface area contributed by atoms with E-state index in [9.17, 15) is 0 Å². The summed E-state index contributed by atoms with van der Waals surface area (Å²) in [5, 5.41) is 0. The molecule has 0 spiro atoms. The second-order valence-electron chi connectivity index (χ2n) is 4.26. The van der Waals surface area contributed by atoms with Crippen molar-refractivity contribution in [3.8, 4) is 0 Å². The van der Waals surface area contributed by atoms with Gasteiger partial charge in [0, 0.05) is 31.7 Å². The van der Waals surface area contributed by atoms with E-state index in [1.54, 1.807) is 0 Å². The van der Waals surface area contributed by atoms with Gasteiger partial charge in [0.15, 0.2) is 0 Å². The lowest BCUT2D eigenvalue weighted by Crippen LogP contribution is -2.57. The van der Waals surface area contributed by atoms with Gasteiger partial charge in [0.25, 0.3) is 0 Å². The normalized spacial score (nSPS) is 29.1. The van der Waals surface area contributed by atoms with Crippen LogP contribution in [0.15, 0.2) is 0 Å². The van der Waals surface area contributed by atoms with Gasteiger partial charge < -0.3 is 10.6 Å². The Morgan fingerprint density at radius 2 is 2.08 bits per heavy atom. The summed E-state index contributed by atoms with van der Waals surface area (Å²) in [5.74, 6) is 0. The molecule has 2 N–H and O–H groups in total. The maximum Gasteiger partial charge on any atom is 0.0371 e. The highest BCUT2D eigenvalue weighted by Crippen LogP contribution is 2.11. The molecule has 3 nitrogen and oxygen atoms in total. The van der Waals surface area contributed by atoms with E-state index in [1.165, 1.54) is 13.0 Å². The van der Waals surface area contributed by atoms with Crippen LogP contribution in [0.1, 0.15) is 19.8 Å². The molecular formula is C10H23N3. The Morgan fingerprint density at radius 3 is 2.69 bits per heavy atom. The van der Waals surface area contributed by atoms with Crippen LogP contribution >= 0.6 is 0 Å². The molecule has 0 radical (unpaired) electrons. The van der Waals surface area contributed by atoms with Crippen LogP contribution in [-0.4, -0.2) is 55.6 Å². The zero-order valence-corrected chi connectivity index (χ0v) is 9.16. The maximum absolute atomic E-state index is 6.14. The molecule has 78 valence electrons. The van der Waals surface area contributed by atoms with E-state index in [1.807, 2.05) is 0 Å². The van der Waals surface area contributed by atoms with Crippen molar-refractivity contribution in [2.75, 3.05) is 33.7 Å². The highest BCUT2D eigenvalue weighted by atomic mass is 15.3. The molecule has 1 saturated heterocycles. The second-order valence-corrected chi connectivity index (χ2v) is 4.26. The molecule has 0 aromatic rings. The Kier molecular flexibility index (Phi) is 4.16. The Labute approximate surface area is 81.9 Å². The lowest BCUT2D eigenvalue weighted by atomic mass is 10.0. The molecule has 1 fully saturated rings. The first-order valence-corrected chi connectivity index (χ1v) is 5.29. The fourth-order valence-electron chi connectivity index (χ4n) is 2.03. The van der Waals surface area contributed by atoms with Gasteiger partial charge in [-0.2, -0.15) is 0 Å². The van der Waals surface area contributed by atoms with Crippen molar-refractivity contribution in [2.24, 2.45) is 5.73 Å². The maximum atomic E-state index is 6.14. The van der Waals surface area contributed by atoms with E-state index in [4.69, 9.17) is 5.73 Å². The first-order chi connectivity index (χ1) is 6.15. The number of hydrogen-bond acceptors (Lipinski definition) is 3. The van der Waals surface area contributed by atoms with Crippen molar-refractivity contribution in [1.29, 1.82) is 0 Å². The quantitative estimate of drug-likeness (QED) is 0.689. The largest absolute Gasteiger partial charge is 0.326 e. The molecule has 1 rings (SSSR count). The van der Waals surface area contributed by atoms with Crippen LogP contribution < -0.4 is 5.73 Å². The molecule has 1 aliphatic heterocycles. The van der Waals surface area contributed by atoms with Crippen LogP contribution in [0.2, 0.25) is 0 Å². The Hall–Kier alpha value is -0.120. The van der Waals surface area contributed by atoms with Gasteiger partial charge in [0.05, 0.1) is 0 Å². The topological polar surface area (TPSA) is 32.5 Å². The summed E-state index contributed by atoms with van der Waals surface area (Å²) in [4.78, 5) is 4.78. The molecule has 3 heteroatoms. The summed E-state index contributed by atoms with van der Waals surface area (Å²) >= 11 is 0. The minimum Gasteiger partial charge on any atom is -0.326 e. The van der Waals surface area contributed by atoms with E-state index < -0.39 is 0 Å². The molecule has 0 saturated carbocycles. The summed E-state index contributed by atoms with van der Waals surface area (Å²) in [6.07, 6.45) is 2.33. The zero-order chi connectivity index (χ0) is 9.84. The fourth-order valence-corrected chi connectivity index (χ4v) is 2.03. The number of nitrogens with zero attached hydrogens (tertiary/aromatic N) is 2. The van der Waals surface area contributed by atoms with Crippen LogP contribution in [0.25, 0.3) is 0 Å². The van der Waals surface area contributed by atoms with Crippen molar-refractivity contribution in [1.82, 2.24) is 9.80 Å². The number of hydrogen-bond donors (Lipinski definition) is 1. The lowest BCUT2D eigenvalue weighted by Gasteiger charge is -2.40. The fraction of sp³-hybridized carbons (Fsp3) is 1.00. The molecule has 1 aliphatic rings. The molecule has 2 atom stereocenters. The first kappa shape index (κ1) is 11.0. The Morgan fingerprint density at radius 1 is 1.38 bits per heavy atom. The van der Waals surface area contributed by atoms with E-state index in [0.717, 1.165) is 19.5 Å². The van der Waals surface area contributed by atoms with Gasteiger partial charge in [0.2, 0.25) is 0 Å². The summed E-state index contributed by atoms with van der Waals surface area (Å²) in [6, 6.07) is 0.899. The van der Waals surface area contributed by atoms with Crippen molar-refractivity contribution in [2.45, 2.75) is 31.8 Å². The predicted octanol–water partition coefficient (Wildman–Crippen LogP) is 0.360. The molecule has 0 aliphatic carbocycles. The number of likely N-dealkylation sites (N-methyl/N-ethyl adjacent to an activating group) is 2. The Balaban J connectivity index is 2.44. The summed E-state index contributed by atoms with van der Waals surface area (Å²) in [6.45, 7) is 5.65. The number of nitrogens with two attached hydrogens (primary N) is 1. The van der Waals surface area contributed by atoms with Gasteiger partial charge in [-0.15, -0.1) is 0 Å². The summed E-state index contributed by atoms with van der Waals surface area (Å²) in [5.41, 5.74) is 6.14. The van der Waals surface area contributed by atoms with Crippen molar-refractivity contribution in [3.05, 3.63) is 0 Å². The Bertz CT molecular complexity index is 149. The first-order valence-electron chi connectivity index (χ1n) is 5.29. The van der Waals surface area contributed by atoms with E-state index in [2.05, 4.69) is 30.8 Å². The molecule has 0 bridgehead atoms. The lowest BCUT2D eigenvalue weighted by molar-refractivity contribution is 0.0951. The highest BCUT2D eigenvalue weighted by molar-refractivity contribution is 4.86. The third-order valence-electron chi connectivity index (χ3n) is 3.02. The van der Waals surface area contributed by atoms with Gasteiger partial charge in [-0.3, -0.25) is 4.90 Å².